The summed E-state index contributed by atoms with van der Waals surface area (Å²) >= 11 is 1.54. The lowest BCUT2D eigenvalue weighted by Crippen LogP contribution is -2.16. The molecule has 6 nitrogen and oxygen atoms in total. The van der Waals surface area contributed by atoms with Crippen LogP contribution in [0.4, 0.5) is 11.9 Å². The molecule has 0 fully saturated rings. The van der Waals surface area contributed by atoms with Gasteiger partial charge in [0, 0.05) is 5.25 Å². The van der Waals surface area contributed by atoms with Crippen LogP contribution in [0.1, 0.15) is 19.7 Å². The largest absolute Gasteiger partial charge is 0.392 e. The Kier molecular flexibility index (Phi) is 4.10. The van der Waals surface area contributed by atoms with Gasteiger partial charge < -0.3 is 16.6 Å². The number of hydrogen-bond acceptors (Lipinski definition) is 7. The molecule has 1 aromatic rings. The molecule has 0 bridgehead atoms. The fraction of sp³-hybridized carbons (Fsp3) is 0.625. The van der Waals surface area contributed by atoms with Crippen molar-refractivity contribution >= 4 is 23.7 Å². The average Bonchev–Trinajstić information content (AvgIpc) is 2.12. The third-order valence-electron chi connectivity index (χ3n) is 1.87. The summed E-state index contributed by atoms with van der Waals surface area (Å²) in [5.74, 6) is 1.35. The molecule has 1 aromatic heterocycles. The molecule has 0 aliphatic rings. The van der Waals surface area contributed by atoms with Crippen molar-refractivity contribution in [1.29, 1.82) is 0 Å². The van der Waals surface area contributed by atoms with Gasteiger partial charge in [0.05, 0.1) is 11.9 Å². The predicted octanol–water partition coefficient (Wildman–Crippen LogP) is 0.0385. The molecule has 0 saturated carbocycles. The number of aromatic nitrogens is 3. The first-order valence-electron chi connectivity index (χ1n) is 4.54. The highest BCUT2D eigenvalue weighted by Crippen LogP contribution is 2.18. The van der Waals surface area contributed by atoms with Gasteiger partial charge in [0.1, 0.15) is 5.82 Å². The van der Waals surface area contributed by atoms with Crippen LogP contribution in [0.5, 0.6) is 0 Å². The van der Waals surface area contributed by atoms with Gasteiger partial charge in [-0.15, -0.1) is 11.8 Å². The Morgan fingerprint density at radius 1 is 1.20 bits per heavy atom. The first-order chi connectivity index (χ1) is 6.99. The van der Waals surface area contributed by atoms with E-state index in [1.807, 2.05) is 6.92 Å². The molecule has 2 unspecified atom stereocenters. The van der Waals surface area contributed by atoms with Crippen LogP contribution in [0.3, 0.4) is 0 Å². The van der Waals surface area contributed by atoms with Gasteiger partial charge in [-0.25, -0.2) is 0 Å². The number of hydrogen-bond donors (Lipinski definition) is 3. The molecule has 0 aliphatic carbocycles. The van der Waals surface area contributed by atoms with Crippen LogP contribution >= 0.6 is 11.8 Å². The minimum atomic E-state index is -0.369. The second-order valence-electron chi connectivity index (χ2n) is 3.22. The molecular weight excluding hydrogens is 214 g/mol. The maximum Gasteiger partial charge on any atom is 0.225 e. The van der Waals surface area contributed by atoms with Crippen molar-refractivity contribution in [3.05, 3.63) is 5.82 Å². The summed E-state index contributed by atoms with van der Waals surface area (Å²) in [5.41, 5.74) is 10.8. The molecule has 15 heavy (non-hydrogen) atoms. The summed E-state index contributed by atoms with van der Waals surface area (Å²) in [6, 6.07) is 0. The summed E-state index contributed by atoms with van der Waals surface area (Å²) in [4.78, 5) is 11.5. The highest BCUT2D eigenvalue weighted by atomic mass is 32.2. The van der Waals surface area contributed by atoms with Crippen molar-refractivity contribution in [2.75, 3.05) is 11.5 Å². The molecule has 7 heteroatoms. The second-order valence-corrected chi connectivity index (χ2v) is 4.59. The number of nitrogen functional groups attached to an aromatic ring is 2. The first kappa shape index (κ1) is 12.0. The minimum absolute atomic E-state index is 0.115. The molecule has 1 rings (SSSR count). The van der Waals surface area contributed by atoms with Gasteiger partial charge in [-0.05, 0) is 6.92 Å². The molecule has 0 aromatic carbocycles. The number of aliphatic hydroxyl groups excluding tert-OH is 1. The first-order valence-corrected chi connectivity index (χ1v) is 5.59. The minimum Gasteiger partial charge on any atom is -0.392 e. The second kappa shape index (κ2) is 5.13. The van der Waals surface area contributed by atoms with E-state index in [2.05, 4.69) is 15.0 Å². The Balaban J connectivity index is 2.57. The SMILES string of the molecule is CC(O)C(C)SCc1nc(N)nc(N)n1. The molecule has 0 aliphatic heterocycles. The molecule has 0 saturated heterocycles. The Bertz CT molecular complexity index is 313. The lowest BCUT2D eigenvalue weighted by molar-refractivity contribution is 0.196. The van der Waals surface area contributed by atoms with Gasteiger partial charge in [-0.2, -0.15) is 15.0 Å². The van der Waals surface area contributed by atoms with E-state index >= 15 is 0 Å². The monoisotopic (exact) mass is 229 g/mol. The molecular formula is C8H15N5OS. The van der Waals surface area contributed by atoms with Crippen molar-refractivity contribution in [3.63, 3.8) is 0 Å². The van der Waals surface area contributed by atoms with Gasteiger partial charge in [-0.1, -0.05) is 6.92 Å². The van der Waals surface area contributed by atoms with Gasteiger partial charge in [0.2, 0.25) is 11.9 Å². The van der Waals surface area contributed by atoms with Gasteiger partial charge in [0.25, 0.3) is 0 Å². The zero-order valence-electron chi connectivity index (χ0n) is 8.71. The van der Waals surface area contributed by atoms with Crippen molar-refractivity contribution in [2.45, 2.75) is 31.0 Å². The molecule has 0 radical (unpaired) electrons. The molecule has 1 heterocycles. The molecule has 5 N–H and O–H groups in total. The maximum absolute atomic E-state index is 9.28. The standard InChI is InChI=1S/C8H15N5OS/c1-4(14)5(2)15-3-6-11-7(9)13-8(10)12-6/h4-5,14H,3H2,1-2H3,(H4,9,10,11,12,13). The van der Waals surface area contributed by atoms with E-state index in [0.717, 1.165) is 0 Å². The van der Waals surface area contributed by atoms with E-state index in [0.29, 0.717) is 11.6 Å². The fourth-order valence-corrected chi connectivity index (χ4v) is 1.69. The van der Waals surface area contributed by atoms with Crippen LogP contribution in [-0.2, 0) is 5.75 Å². The van der Waals surface area contributed by atoms with Crippen LogP contribution in [0.2, 0.25) is 0 Å². The van der Waals surface area contributed by atoms with Crippen LogP contribution in [-0.4, -0.2) is 31.4 Å². The summed E-state index contributed by atoms with van der Waals surface area (Å²) in [6.07, 6.45) is -0.369. The quantitative estimate of drug-likeness (QED) is 0.668. The number of nitrogens with two attached hydrogens (primary N) is 2. The van der Waals surface area contributed by atoms with Crippen molar-refractivity contribution in [2.24, 2.45) is 0 Å². The smallest absolute Gasteiger partial charge is 0.225 e. The third kappa shape index (κ3) is 3.88. The van der Waals surface area contributed by atoms with E-state index < -0.39 is 0 Å². The molecule has 2 atom stereocenters. The van der Waals surface area contributed by atoms with Crippen LogP contribution in [0.25, 0.3) is 0 Å². The van der Waals surface area contributed by atoms with Crippen LogP contribution in [0, 0.1) is 0 Å². The van der Waals surface area contributed by atoms with Crippen molar-refractivity contribution < 1.29 is 5.11 Å². The maximum atomic E-state index is 9.28. The average molecular weight is 229 g/mol. The Morgan fingerprint density at radius 3 is 2.20 bits per heavy atom. The van der Waals surface area contributed by atoms with Gasteiger partial charge in [-0.3, -0.25) is 0 Å². The van der Waals surface area contributed by atoms with E-state index in [-0.39, 0.29) is 23.3 Å². The van der Waals surface area contributed by atoms with E-state index in [1.54, 1.807) is 18.7 Å². The highest BCUT2D eigenvalue weighted by Gasteiger charge is 2.10. The van der Waals surface area contributed by atoms with E-state index in [9.17, 15) is 5.11 Å². The van der Waals surface area contributed by atoms with Gasteiger partial charge >= 0.3 is 0 Å². The lowest BCUT2D eigenvalue weighted by Gasteiger charge is -2.13. The van der Waals surface area contributed by atoms with Crippen LogP contribution in [0.15, 0.2) is 0 Å². The number of anilines is 2. The third-order valence-corrected chi connectivity index (χ3v) is 3.22. The summed E-state index contributed by atoms with van der Waals surface area (Å²) < 4.78 is 0. The van der Waals surface area contributed by atoms with Gasteiger partial charge in [0.15, 0.2) is 0 Å². The number of thioether (sulfide) groups is 1. The molecule has 0 amide bonds. The van der Waals surface area contributed by atoms with E-state index in [4.69, 9.17) is 11.5 Å². The Morgan fingerprint density at radius 2 is 1.73 bits per heavy atom. The van der Waals surface area contributed by atoms with Crippen LogP contribution < -0.4 is 11.5 Å². The Labute approximate surface area is 92.5 Å². The van der Waals surface area contributed by atoms with Crippen molar-refractivity contribution in [1.82, 2.24) is 15.0 Å². The van der Waals surface area contributed by atoms with Crippen molar-refractivity contribution in [3.8, 4) is 0 Å². The summed E-state index contributed by atoms with van der Waals surface area (Å²) in [6.45, 7) is 3.68. The normalized spacial score (nSPS) is 14.9. The predicted molar refractivity (Wildman–Crippen MR) is 61.1 cm³/mol. The number of rotatable bonds is 4. The summed E-state index contributed by atoms with van der Waals surface area (Å²) in [7, 11) is 0. The van der Waals surface area contributed by atoms with E-state index in [1.165, 1.54) is 0 Å². The Hall–Kier alpha value is -1.08. The molecule has 84 valence electrons. The number of aliphatic hydroxyl groups is 1. The fourth-order valence-electron chi connectivity index (χ4n) is 0.867. The summed E-state index contributed by atoms with van der Waals surface area (Å²) in [5, 5.41) is 9.40. The zero-order chi connectivity index (χ0) is 11.4. The zero-order valence-corrected chi connectivity index (χ0v) is 9.53. The lowest BCUT2D eigenvalue weighted by atomic mass is 10.3. The topological polar surface area (TPSA) is 111 Å². The highest BCUT2D eigenvalue weighted by molar-refractivity contribution is 7.99. The number of nitrogens with zero attached hydrogens (tertiary/aromatic N) is 3. The molecule has 0 spiro atoms.